The Kier molecular flexibility index (Phi) is 5.84. The van der Waals surface area contributed by atoms with Gasteiger partial charge in [-0.05, 0) is 50.1 Å². The predicted molar refractivity (Wildman–Crippen MR) is 119 cm³/mol. The molecule has 1 saturated heterocycles. The van der Waals surface area contributed by atoms with Crippen LogP contribution in [0, 0.1) is 20.8 Å². The topological polar surface area (TPSA) is 69.3 Å². The van der Waals surface area contributed by atoms with Gasteiger partial charge in [-0.1, -0.05) is 12.1 Å². The largest absolute Gasteiger partial charge is 0.432 e. The fourth-order valence-electron chi connectivity index (χ4n) is 3.81. The van der Waals surface area contributed by atoms with Crippen molar-refractivity contribution in [3.05, 3.63) is 52.0 Å². The van der Waals surface area contributed by atoms with Crippen LogP contribution in [0.5, 0.6) is 0 Å². The second-order valence-corrected chi connectivity index (χ2v) is 11.0. The second-order valence-electron chi connectivity index (χ2n) is 7.88. The lowest BCUT2D eigenvalue weighted by Gasteiger charge is -2.36. The summed E-state index contributed by atoms with van der Waals surface area (Å²) < 4.78 is 66.6. The first-order chi connectivity index (χ1) is 15.0. The van der Waals surface area contributed by atoms with E-state index in [1.54, 1.807) is 6.92 Å². The monoisotopic (exact) mass is 484 g/mol. The average Bonchev–Trinajstić information content (AvgIpc) is 3.37. The van der Waals surface area contributed by atoms with E-state index in [1.807, 2.05) is 25.0 Å². The van der Waals surface area contributed by atoms with Crippen molar-refractivity contribution in [3.8, 4) is 10.6 Å². The van der Waals surface area contributed by atoms with E-state index < -0.39 is 21.9 Å². The van der Waals surface area contributed by atoms with E-state index in [4.69, 9.17) is 0 Å². The highest BCUT2D eigenvalue weighted by atomic mass is 32.2. The van der Waals surface area contributed by atoms with E-state index in [1.165, 1.54) is 10.4 Å². The number of nitrogens with zero attached hydrogens (tertiary/aromatic N) is 3. The maximum atomic E-state index is 13.3. The number of alkyl halides is 3. The first kappa shape index (κ1) is 22.8. The molecule has 0 aliphatic carbocycles. The Balaban J connectivity index is 1.53. The van der Waals surface area contributed by atoms with E-state index in [9.17, 15) is 21.6 Å². The van der Waals surface area contributed by atoms with Crippen LogP contribution in [0.1, 0.15) is 21.7 Å². The summed E-state index contributed by atoms with van der Waals surface area (Å²) in [6, 6.07) is 8.53. The zero-order valence-electron chi connectivity index (χ0n) is 17.8. The van der Waals surface area contributed by atoms with Crippen LogP contribution in [0.25, 0.3) is 10.6 Å². The molecule has 4 rings (SSSR count). The van der Waals surface area contributed by atoms with Gasteiger partial charge >= 0.3 is 6.18 Å². The molecule has 1 aliphatic heterocycles. The molecule has 0 saturated carbocycles. The third-order valence-corrected chi connectivity index (χ3v) is 8.80. The zero-order chi connectivity index (χ0) is 23.3. The van der Waals surface area contributed by atoms with Crippen LogP contribution in [0.2, 0.25) is 0 Å². The Morgan fingerprint density at radius 3 is 2.34 bits per heavy atom. The summed E-state index contributed by atoms with van der Waals surface area (Å²) in [5.74, 6) is 0. The van der Waals surface area contributed by atoms with Crippen LogP contribution in [0.15, 0.2) is 35.2 Å². The molecular weight excluding hydrogens is 461 g/mol. The molecule has 6 nitrogen and oxygen atoms in total. The lowest BCUT2D eigenvalue weighted by molar-refractivity contribution is -0.141. The minimum atomic E-state index is -4.54. The van der Waals surface area contributed by atoms with Gasteiger partial charge in [0, 0.05) is 36.7 Å². The Hall–Kier alpha value is -2.37. The predicted octanol–water partition coefficient (Wildman–Crippen LogP) is 4.59. The smallest absolute Gasteiger partial charge is 0.369 e. The Morgan fingerprint density at radius 2 is 1.72 bits per heavy atom. The number of H-pyrrole nitrogens is 1. The summed E-state index contributed by atoms with van der Waals surface area (Å²) in [5.41, 5.74) is 2.50. The molecule has 1 fully saturated rings. The number of rotatable bonds is 4. The van der Waals surface area contributed by atoms with Crippen molar-refractivity contribution in [2.45, 2.75) is 31.8 Å². The summed E-state index contributed by atoms with van der Waals surface area (Å²) in [5, 5.41) is 5.68. The van der Waals surface area contributed by atoms with E-state index >= 15 is 0 Å². The normalized spacial score (nSPS) is 16.0. The van der Waals surface area contributed by atoms with E-state index in [2.05, 4.69) is 22.1 Å². The van der Waals surface area contributed by atoms with Gasteiger partial charge in [-0.15, -0.1) is 11.3 Å². The number of sulfonamides is 1. The second kappa shape index (κ2) is 8.20. The minimum absolute atomic E-state index is 0.0756. The molecule has 0 amide bonds. The van der Waals surface area contributed by atoms with Gasteiger partial charge in [0.25, 0.3) is 0 Å². The quantitative estimate of drug-likeness (QED) is 0.588. The van der Waals surface area contributed by atoms with Gasteiger partial charge < -0.3 is 4.90 Å². The standard InChI is InChI=1S/C21H23F3N4O2S2/c1-13-4-5-14(2)17(10-13)27-6-8-28(9-7-27)32(29,30)19-12-18(31-15(19)3)16-11-20(26-25-16)21(22,23)24/h4-5,10-12H,6-9H2,1-3H3,(H,25,26). The van der Waals surface area contributed by atoms with Crippen molar-refractivity contribution in [1.29, 1.82) is 0 Å². The molecule has 0 unspecified atom stereocenters. The van der Waals surface area contributed by atoms with Gasteiger partial charge in [-0.2, -0.15) is 22.6 Å². The number of aromatic amines is 1. The SMILES string of the molecule is Cc1ccc(C)c(N2CCN(S(=O)(=O)c3cc(-c4cc(C(F)(F)F)[nH]n4)sc3C)CC2)c1. The van der Waals surface area contributed by atoms with Crippen LogP contribution in [0.3, 0.4) is 0 Å². The number of hydrogen-bond donors (Lipinski definition) is 1. The highest BCUT2D eigenvalue weighted by Gasteiger charge is 2.34. The molecule has 2 aromatic heterocycles. The van der Waals surface area contributed by atoms with Gasteiger partial charge in [-0.3, -0.25) is 5.10 Å². The molecule has 11 heteroatoms. The van der Waals surface area contributed by atoms with Gasteiger partial charge in [0.15, 0.2) is 0 Å². The fraction of sp³-hybridized carbons (Fsp3) is 0.381. The van der Waals surface area contributed by atoms with Crippen LogP contribution < -0.4 is 4.90 Å². The lowest BCUT2D eigenvalue weighted by atomic mass is 10.1. The molecule has 32 heavy (non-hydrogen) atoms. The first-order valence-corrected chi connectivity index (χ1v) is 12.3. The molecule has 3 aromatic rings. The van der Waals surface area contributed by atoms with Gasteiger partial charge in [-0.25, -0.2) is 8.42 Å². The molecule has 0 radical (unpaired) electrons. The Morgan fingerprint density at radius 1 is 1.03 bits per heavy atom. The average molecular weight is 485 g/mol. The van der Waals surface area contributed by atoms with Crippen molar-refractivity contribution in [2.24, 2.45) is 0 Å². The zero-order valence-corrected chi connectivity index (χ0v) is 19.5. The van der Waals surface area contributed by atoms with Crippen molar-refractivity contribution in [3.63, 3.8) is 0 Å². The molecule has 1 N–H and O–H groups in total. The lowest BCUT2D eigenvalue weighted by Crippen LogP contribution is -2.48. The number of aromatic nitrogens is 2. The Labute approximate surface area is 188 Å². The van der Waals surface area contributed by atoms with E-state index in [-0.39, 0.29) is 10.6 Å². The summed E-state index contributed by atoms with van der Waals surface area (Å²) in [6.07, 6.45) is -4.54. The molecule has 0 bridgehead atoms. The summed E-state index contributed by atoms with van der Waals surface area (Å²) >= 11 is 1.12. The number of piperazine rings is 1. The van der Waals surface area contributed by atoms with E-state index in [0.29, 0.717) is 35.9 Å². The van der Waals surface area contributed by atoms with Crippen molar-refractivity contribution in [1.82, 2.24) is 14.5 Å². The van der Waals surface area contributed by atoms with Crippen molar-refractivity contribution in [2.75, 3.05) is 31.1 Å². The maximum absolute atomic E-state index is 13.3. The fourth-order valence-corrected chi connectivity index (χ4v) is 6.75. The van der Waals surface area contributed by atoms with Crippen LogP contribution in [-0.4, -0.2) is 49.1 Å². The summed E-state index contributed by atoms with van der Waals surface area (Å²) in [7, 11) is -3.77. The third-order valence-electron chi connectivity index (χ3n) is 5.57. The number of nitrogens with one attached hydrogen (secondary N) is 1. The van der Waals surface area contributed by atoms with Gasteiger partial charge in [0.2, 0.25) is 10.0 Å². The highest BCUT2D eigenvalue weighted by Crippen LogP contribution is 2.37. The number of halogens is 3. The number of anilines is 1. The third kappa shape index (κ3) is 4.28. The van der Waals surface area contributed by atoms with Crippen LogP contribution in [-0.2, 0) is 16.2 Å². The van der Waals surface area contributed by atoms with Crippen LogP contribution >= 0.6 is 11.3 Å². The van der Waals surface area contributed by atoms with Gasteiger partial charge in [0.1, 0.15) is 11.4 Å². The summed E-state index contributed by atoms with van der Waals surface area (Å²) in [6.45, 7) is 7.51. The first-order valence-electron chi connectivity index (χ1n) is 10.0. The van der Waals surface area contributed by atoms with Crippen molar-refractivity contribution < 1.29 is 21.6 Å². The molecule has 0 spiro atoms. The Bertz CT molecular complexity index is 1240. The molecule has 0 atom stereocenters. The van der Waals surface area contributed by atoms with E-state index in [0.717, 1.165) is 34.2 Å². The molecule has 1 aromatic carbocycles. The number of hydrogen-bond acceptors (Lipinski definition) is 5. The number of benzene rings is 1. The summed E-state index contributed by atoms with van der Waals surface area (Å²) in [4.78, 5) is 3.20. The molecule has 172 valence electrons. The molecule has 3 heterocycles. The molecular formula is C21H23F3N4O2S2. The number of aryl methyl sites for hydroxylation is 3. The molecule has 1 aliphatic rings. The highest BCUT2D eigenvalue weighted by molar-refractivity contribution is 7.89. The maximum Gasteiger partial charge on any atom is 0.432 e. The van der Waals surface area contributed by atoms with Gasteiger partial charge in [0.05, 0.1) is 9.77 Å². The minimum Gasteiger partial charge on any atom is -0.369 e. The van der Waals surface area contributed by atoms with Crippen LogP contribution in [0.4, 0.5) is 18.9 Å². The number of thiophene rings is 1. The van der Waals surface area contributed by atoms with Crippen molar-refractivity contribution >= 4 is 27.0 Å².